The average Bonchev–Trinajstić information content (AvgIpc) is 3.65. The van der Waals surface area contributed by atoms with Crippen LogP contribution in [0.3, 0.4) is 0 Å². The van der Waals surface area contributed by atoms with Gasteiger partial charge in [0.25, 0.3) is 6.33 Å². The van der Waals surface area contributed by atoms with E-state index in [-0.39, 0.29) is 29.1 Å². The molecule has 0 N–H and O–H groups in total. The first kappa shape index (κ1) is 42.1. The molecule has 0 saturated heterocycles. The fourth-order valence-corrected chi connectivity index (χ4v) is 9.42. The third-order valence-corrected chi connectivity index (χ3v) is 12.3. The molecular formula is C55H54AuBN4-. The van der Waals surface area contributed by atoms with E-state index in [4.69, 9.17) is 5.32 Å². The van der Waals surface area contributed by atoms with E-state index in [0.29, 0.717) is 23.7 Å². The summed E-state index contributed by atoms with van der Waals surface area (Å²) < 4.78 is 4.64. The summed E-state index contributed by atoms with van der Waals surface area (Å²) in [5, 5.41) is 4.98. The number of para-hydroxylation sites is 7. The van der Waals surface area contributed by atoms with Gasteiger partial charge >= 0.3 is 0 Å². The molecule has 2 aliphatic heterocycles. The molecule has 0 unspecified atom stereocenters. The van der Waals surface area contributed by atoms with Crippen molar-refractivity contribution in [1.29, 1.82) is 0 Å². The van der Waals surface area contributed by atoms with Crippen molar-refractivity contribution in [3.8, 4) is 11.4 Å². The molecule has 8 aromatic rings. The summed E-state index contributed by atoms with van der Waals surface area (Å²) in [6.07, 6.45) is 3.84. The first-order chi connectivity index (χ1) is 29.1. The zero-order valence-corrected chi connectivity index (χ0v) is 38.7. The van der Waals surface area contributed by atoms with E-state index < -0.39 is 0 Å². The first-order valence-electron chi connectivity index (χ1n) is 21.7. The van der Waals surface area contributed by atoms with Crippen molar-refractivity contribution in [3.05, 3.63) is 192 Å². The Morgan fingerprint density at radius 1 is 0.492 bits per heavy atom. The van der Waals surface area contributed by atoms with Crippen LogP contribution in [0.4, 0.5) is 28.4 Å². The summed E-state index contributed by atoms with van der Waals surface area (Å²) in [6.45, 7) is 18.5. The molecule has 309 valence electrons. The standard InChI is InChI=1S/C31H38N2.C24H16BN2.Au/c1-20(2)24-13-11-14-25(21(3)4)30(24)32-19-33(29-18-10-9-17-28(29)32)31-26(22(5)6)15-12-16-27(31)23(7)8;1-2-9-17(10-3-1)27-22-15-7-5-12-19(22)25-18-11-4-6-13-20(18)26-21-14-8-16-23(27)24(21)25;/h9-18,20-23H,1-8H3;1-16H;/q;-1;. The van der Waals surface area contributed by atoms with Crippen molar-refractivity contribution in [2.24, 2.45) is 0 Å². The fraction of sp³-hybridized carbons (Fsp3) is 0.218. The van der Waals surface area contributed by atoms with Gasteiger partial charge in [0.05, 0.1) is 22.4 Å². The third kappa shape index (κ3) is 7.48. The maximum Gasteiger partial charge on any atom is 0.269 e. The molecule has 7 aromatic carbocycles. The number of imidazole rings is 1. The average molecular weight is 979 g/mol. The van der Waals surface area contributed by atoms with Crippen LogP contribution in [0.5, 0.6) is 0 Å². The number of anilines is 3. The van der Waals surface area contributed by atoms with Gasteiger partial charge in [-0.25, -0.2) is 0 Å². The molecule has 0 saturated carbocycles. The Hall–Kier alpha value is -5.58. The molecule has 6 heteroatoms. The minimum Gasteiger partial charge on any atom is -0.659 e. The predicted octanol–water partition coefficient (Wildman–Crippen LogP) is 12.8. The van der Waals surface area contributed by atoms with Gasteiger partial charge in [-0.15, -0.1) is 11.4 Å². The van der Waals surface area contributed by atoms with Gasteiger partial charge in [-0.05, 0) is 75.7 Å². The van der Waals surface area contributed by atoms with Crippen LogP contribution in [0.1, 0.15) is 101 Å². The van der Waals surface area contributed by atoms with Crippen LogP contribution < -0.4 is 25.9 Å². The monoisotopic (exact) mass is 978 g/mol. The van der Waals surface area contributed by atoms with E-state index in [9.17, 15) is 0 Å². The van der Waals surface area contributed by atoms with Gasteiger partial charge in [0, 0.05) is 39.4 Å². The molecule has 0 amide bonds. The number of hydrogen-bond donors (Lipinski definition) is 0. The second-order valence-electron chi connectivity index (χ2n) is 17.5. The summed E-state index contributed by atoms with van der Waals surface area (Å²) in [7, 11) is 0. The summed E-state index contributed by atoms with van der Waals surface area (Å²) in [5.41, 5.74) is 20.2. The van der Waals surface area contributed by atoms with Crippen molar-refractivity contribution >= 4 is 62.6 Å². The molecule has 0 aliphatic carbocycles. The Kier molecular flexibility index (Phi) is 12.0. The zero-order valence-electron chi connectivity index (χ0n) is 36.5. The van der Waals surface area contributed by atoms with Crippen LogP contribution >= 0.6 is 0 Å². The van der Waals surface area contributed by atoms with E-state index >= 15 is 0 Å². The van der Waals surface area contributed by atoms with E-state index in [2.05, 4.69) is 233 Å². The van der Waals surface area contributed by atoms with E-state index in [0.717, 1.165) is 11.4 Å². The van der Waals surface area contributed by atoms with Crippen LogP contribution in [0.15, 0.2) is 158 Å². The molecule has 61 heavy (non-hydrogen) atoms. The van der Waals surface area contributed by atoms with Crippen LogP contribution in [0, 0.1) is 6.33 Å². The molecule has 1 radical (unpaired) electrons. The minimum absolute atomic E-state index is 0. The SMILES string of the molecule is CC(C)c1cccc(C(C)C)c1-n1[c-][n+](-c2c(C(C)C)cccc2C(C)C)c2ccccc21.[Au].c1ccc(N2c3ccccc3B3c4ccccc4[N-]c4cccc2c43)cc1. The maximum atomic E-state index is 4.98. The van der Waals surface area contributed by atoms with Crippen molar-refractivity contribution in [1.82, 2.24) is 4.57 Å². The van der Waals surface area contributed by atoms with Crippen molar-refractivity contribution in [2.75, 3.05) is 4.90 Å². The summed E-state index contributed by atoms with van der Waals surface area (Å²) in [4.78, 5) is 2.37. The zero-order chi connectivity index (χ0) is 41.7. The maximum absolute atomic E-state index is 4.98. The third-order valence-electron chi connectivity index (χ3n) is 12.3. The molecule has 0 fully saturated rings. The van der Waals surface area contributed by atoms with Crippen molar-refractivity contribution in [2.45, 2.75) is 79.1 Å². The van der Waals surface area contributed by atoms with Gasteiger partial charge in [0.15, 0.2) is 0 Å². The number of aromatic nitrogens is 2. The number of nitrogens with zero attached hydrogens (tertiary/aromatic N) is 4. The first-order valence-corrected chi connectivity index (χ1v) is 21.7. The van der Waals surface area contributed by atoms with Crippen LogP contribution in [0.25, 0.3) is 27.7 Å². The molecule has 0 atom stereocenters. The summed E-state index contributed by atoms with van der Waals surface area (Å²) >= 11 is 0. The molecule has 1 aromatic heterocycles. The smallest absolute Gasteiger partial charge is 0.269 e. The Labute approximate surface area is 378 Å². The number of hydrogen-bond acceptors (Lipinski definition) is 1. The molecule has 3 heterocycles. The van der Waals surface area contributed by atoms with Crippen molar-refractivity contribution < 1.29 is 26.9 Å². The normalized spacial score (nSPS) is 12.5. The Balaban J connectivity index is 0.000000168. The molecule has 10 rings (SSSR count). The number of rotatable bonds is 7. The van der Waals surface area contributed by atoms with Crippen LogP contribution in [-0.4, -0.2) is 11.3 Å². The second kappa shape index (κ2) is 17.4. The van der Waals surface area contributed by atoms with E-state index in [1.807, 2.05) is 0 Å². The Morgan fingerprint density at radius 2 is 1.00 bits per heavy atom. The number of fused-ring (bicyclic) bond motifs is 5. The molecule has 4 nitrogen and oxygen atoms in total. The topological polar surface area (TPSA) is 26.1 Å². The second-order valence-corrected chi connectivity index (χ2v) is 17.5. The van der Waals surface area contributed by atoms with Crippen LogP contribution in [-0.2, 0) is 22.4 Å². The van der Waals surface area contributed by atoms with Gasteiger partial charge in [0.2, 0.25) is 6.71 Å². The largest absolute Gasteiger partial charge is 0.659 e. The molecular weight excluding hydrogens is 924 g/mol. The predicted molar refractivity (Wildman–Crippen MR) is 255 cm³/mol. The van der Waals surface area contributed by atoms with Gasteiger partial charge in [0.1, 0.15) is 0 Å². The minimum atomic E-state index is 0. The quantitative estimate of drug-likeness (QED) is 0.0888. The van der Waals surface area contributed by atoms with Gasteiger partial charge in [-0.1, -0.05) is 200 Å². The van der Waals surface area contributed by atoms with Gasteiger partial charge in [-0.2, -0.15) is 0 Å². The van der Waals surface area contributed by atoms with Crippen LogP contribution in [0.2, 0.25) is 0 Å². The fourth-order valence-electron chi connectivity index (χ4n) is 9.42. The van der Waals surface area contributed by atoms with Gasteiger partial charge in [-0.3, -0.25) is 9.13 Å². The molecule has 2 aliphatic rings. The number of benzene rings is 7. The Morgan fingerprint density at radius 3 is 1.66 bits per heavy atom. The van der Waals surface area contributed by atoms with Gasteiger partial charge < -0.3 is 10.2 Å². The van der Waals surface area contributed by atoms with E-state index in [1.165, 1.54) is 78.1 Å². The Bertz CT molecular complexity index is 2690. The van der Waals surface area contributed by atoms with E-state index in [1.54, 1.807) is 0 Å². The molecule has 0 spiro atoms. The molecule has 0 bridgehead atoms. The summed E-state index contributed by atoms with van der Waals surface area (Å²) in [6, 6.07) is 56.6. The summed E-state index contributed by atoms with van der Waals surface area (Å²) in [5.74, 6) is 1.71. The van der Waals surface area contributed by atoms with Crippen molar-refractivity contribution in [3.63, 3.8) is 0 Å².